The second-order valence-electron chi connectivity index (χ2n) is 9.50. The Labute approximate surface area is 207 Å². The zero-order valence-corrected chi connectivity index (χ0v) is 20.9. The van der Waals surface area contributed by atoms with Gasteiger partial charge in [0.25, 0.3) is 5.56 Å². The first kappa shape index (κ1) is 24.4. The maximum absolute atomic E-state index is 14.3. The van der Waals surface area contributed by atoms with E-state index < -0.39 is 5.92 Å². The topological polar surface area (TPSA) is 55.2 Å². The molecule has 35 heavy (non-hydrogen) atoms. The molecule has 4 aromatic rings. The van der Waals surface area contributed by atoms with E-state index >= 15 is 0 Å². The van der Waals surface area contributed by atoms with Crippen molar-refractivity contribution >= 4 is 16.8 Å². The predicted octanol–water partition coefficient (Wildman–Crippen LogP) is 5.70. The molecule has 0 bridgehead atoms. The van der Waals surface area contributed by atoms with E-state index in [4.69, 9.17) is 4.98 Å². The molecule has 0 saturated heterocycles. The minimum absolute atomic E-state index is 0.0120. The number of aromatic nitrogens is 2. The quantitative estimate of drug-likeness (QED) is 0.334. The monoisotopic (exact) mass is 467 g/mol. The Kier molecular flexibility index (Phi) is 7.45. The van der Waals surface area contributed by atoms with Crippen molar-refractivity contribution in [2.24, 2.45) is 13.0 Å². The summed E-state index contributed by atoms with van der Waals surface area (Å²) in [6.07, 6.45) is 0.855. The Morgan fingerprint density at radius 2 is 1.40 bits per heavy atom. The van der Waals surface area contributed by atoms with Crippen molar-refractivity contribution in [3.05, 3.63) is 112 Å². The third-order valence-corrected chi connectivity index (χ3v) is 6.60. The molecule has 0 spiro atoms. The van der Waals surface area contributed by atoms with Crippen molar-refractivity contribution in [3.63, 3.8) is 0 Å². The molecule has 0 aliphatic carbocycles. The molecule has 3 aromatic carbocycles. The van der Waals surface area contributed by atoms with Gasteiger partial charge in [-0.1, -0.05) is 86.6 Å². The first-order valence-electron chi connectivity index (χ1n) is 12.2. The van der Waals surface area contributed by atoms with Crippen molar-refractivity contribution < 1.29 is 4.79 Å². The average molecular weight is 468 g/mol. The van der Waals surface area contributed by atoms with Crippen LogP contribution in [0.15, 0.2) is 89.7 Å². The molecule has 180 valence electrons. The van der Waals surface area contributed by atoms with Crippen molar-refractivity contribution in [1.29, 1.82) is 0 Å². The highest BCUT2D eigenvalue weighted by atomic mass is 16.2. The number of rotatable bonds is 8. The third-order valence-electron chi connectivity index (χ3n) is 6.60. The Bertz CT molecular complexity index is 1310. The molecule has 1 unspecified atom stereocenters. The fourth-order valence-electron chi connectivity index (χ4n) is 4.57. The summed E-state index contributed by atoms with van der Waals surface area (Å²) in [6, 6.07) is 26.8. The normalized spacial score (nSPS) is 12.3. The first-order valence-corrected chi connectivity index (χ1v) is 12.2. The van der Waals surface area contributed by atoms with Crippen molar-refractivity contribution in [2.75, 3.05) is 6.54 Å². The molecule has 4 rings (SSSR count). The predicted molar refractivity (Wildman–Crippen MR) is 141 cm³/mol. The number of carbonyl (C=O) groups is 1. The molecule has 0 N–H and O–H groups in total. The molecule has 0 saturated carbocycles. The van der Waals surface area contributed by atoms with Gasteiger partial charge in [-0.05, 0) is 42.5 Å². The maximum atomic E-state index is 14.3. The lowest BCUT2D eigenvalue weighted by Crippen LogP contribution is -2.41. The number of hydrogen-bond acceptors (Lipinski definition) is 3. The minimum Gasteiger partial charge on any atom is -0.332 e. The van der Waals surface area contributed by atoms with Gasteiger partial charge in [-0.2, -0.15) is 0 Å². The van der Waals surface area contributed by atoms with Crippen LogP contribution in [0.3, 0.4) is 0 Å². The summed E-state index contributed by atoms with van der Waals surface area (Å²) < 4.78 is 1.59. The summed E-state index contributed by atoms with van der Waals surface area (Å²) in [5, 5.41) is 0.581. The van der Waals surface area contributed by atoms with Gasteiger partial charge in [0.1, 0.15) is 5.82 Å². The zero-order valence-electron chi connectivity index (χ0n) is 20.9. The molecular formula is C30H33N3O2. The summed E-state index contributed by atoms with van der Waals surface area (Å²) in [6.45, 7) is 6.87. The van der Waals surface area contributed by atoms with Crippen LogP contribution in [0.2, 0.25) is 0 Å². The largest absolute Gasteiger partial charge is 0.332 e. The number of benzene rings is 3. The lowest BCUT2D eigenvalue weighted by molar-refractivity contribution is -0.134. The summed E-state index contributed by atoms with van der Waals surface area (Å²) in [5.41, 5.74) is 2.45. The van der Waals surface area contributed by atoms with E-state index in [9.17, 15) is 9.59 Å². The molecule has 0 aliphatic rings. The molecule has 5 heteroatoms. The van der Waals surface area contributed by atoms with Crippen molar-refractivity contribution in [3.8, 4) is 0 Å². The van der Waals surface area contributed by atoms with Gasteiger partial charge in [-0.25, -0.2) is 4.98 Å². The molecule has 0 fully saturated rings. The van der Waals surface area contributed by atoms with E-state index in [0.29, 0.717) is 29.2 Å². The Hall–Kier alpha value is -3.73. The third kappa shape index (κ3) is 5.19. The van der Waals surface area contributed by atoms with E-state index in [1.165, 1.54) is 0 Å². The number of amides is 1. The SMILES string of the molecule is CC(C)CCN(C(=O)C(c1ccccc1)c1ccccc1)C(C)c1nc2ccccc2c(=O)n1C. The summed E-state index contributed by atoms with van der Waals surface area (Å²) in [5.74, 6) is 0.589. The van der Waals surface area contributed by atoms with Crippen LogP contribution in [0, 0.1) is 5.92 Å². The second-order valence-corrected chi connectivity index (χ2v) is 9.50. The van der Waals surface area contributed by atoms with E-state index in [1.807, 2.05) is 90.7 Å². The van der Waals surface area contributed by atoms with Gasteiger partial charge in [-0.3, -0.25) is 14.2 Å². The molecule has 0 aliphatic heterocycles. The average Bonchev–Trinajstić information content (AvgIpc) is 2.87. The number of carbonyl (C=O) groups excluding carboxylic acids is 1. The van der Waals surface area contributed by atoms with E-state index in [2.05, 4.69) is 13.8 Å². The van der Waals surface area contributed by atoms with Crippen LogP contribution in [0.5, 0.6) is 0 Å². The minimum atomic E-state index is -0.440. The highest BCUT2D eigenvalue weighted by Crippen LogP contribution is 2.31. The van der Waals surface area contributed by atoms with E-state index in [0.717, 1.165) is 17.5 Å². The van der Waals surface area contributed by atoms with Crippen molar-refractivity contribution in [2.45, 2.75) is 39.2 Å². The van der Waals surface area contributed by atoms with E-state index in [-0.39, 0.29) is 17.5 Å². The van der Waals surface area contributed by atoms with Crippen LogP contribution in [0.25, 0.3) is 10.9 Å². The van der Waals surface area contributed by atoms with Gasteiger partial charge in [0.15, 0.2) is 0 Å². The van der Waals surface area contributed by atoms with Gasteiger partial charge >= 0.3 is 0 Å². The second kappa shape index (κ2) is 10.7. The Morgan fingerprint density at radius 3 is 1.97 bits per heavy atom. The highest BCUT2D eigenvalue weighted by Gasteiger charge is 2.32. The molecule has 5 nitrogen and oxygen atoms in total. The summed E-state index contributed by atoms with van der Waals surface area (Å²) >= 11 is 0. The molecule has 1 atom stereocenters. The van der Waals surface area contributed by atoms with E-state index in [1.54, 1.807) is 17.7 Å². The van der Waals surface area contributed by atoms with Crippen LogP contribution in [-0.2, 0) is 11.8 Å². The standard InChI is InChI=1S/C30H33N3O2/c1-21(2)19-20-33(22(3)28-31-26-18-12-11-17-25(26)29(34)32(28)4)30(35)27(23-13-7-5-8-14-23)24-15-9-6-10-16-24/h5-18,21-22,27H,19-20H2,1-4H3. The molecule has 1 aromatic heterocycles. The number of nitrogens with zero attached hydrogens (tertiary/aromatic N) is 3. The van der Waals surface area contributed by atoms with Gasteiger partial charge in [-0.15, -0.1) is 0 Å². The molecular weight excluding hydrogens is 434 g/mol. The van der Waals surface area contributed by atoms with Gasteiger partial charge in [0, 0.05) is 13.6 Å². The number of fused-ring (bicyclic) bond motifs is 1. The van der Waals surface area contributed by atoms with Gasteiger partial charge in [0.05, 0.1) is 22.9 Å². The maximum Gasteiger partial charge on any atom is 0.261 e. The molecule has 1 heterocycles. The van der Waals surface area contributed by atoms with Gasteiger partial charge in [0.2, 0.25) is 5.91 Å². The van der Waals surface area contributed by atoms with Crippen LogP contribution >= 0.6 is 0 Å². The van der Waals surface area contributed by atoms with Crippen LogP contribution in [0.4, 0.5) is 0 Å². The summed E-state index contributed by atoms with van der Waals surface area (Å²) in [7, 11) is 1.74. The first-order chi connectivity index (χ1) is 16.9. The lowest BCUT2D eigenvalue weighted by atomic mass is 9.89. The summed E-state index contributed by atoms with van der Waals surface area (Å²) in [4.78, 5) is 34.2. The van der Waals surface area contributed by atoms with Crippen molar-refractivity contribution in [1.82, 2.24) is 14.5 Å². The zero-order chi connectivity index (χ0) is 24.9. The molecule has 1 amide bonds. The number of para-hydroxylation sites is 1. The van der Waals surface area contributed by atoms with Crippen LogP contribution in [-0.4, -0.2) is 26.9 Å². The molecule has 0 radical (unpaired) electrons. The lowest BCUT2D eigenvalue weighted by Gasteiger charge is -2.34. The Morgan fingerprint density at radius 1 is 0.857 bits per heavy atom. The fourth-order valence-corrected chi connectivity index (χ4v) is 4.57. The van der Waals surface area contributed by atoms with Crippen LogP contribution < -0.4 is 5.56 Å². The Balaban J connectivity index is 1.81. The highest BCUT2D eigenvalue weighted by molar-refractivity contribution is 5.87. The van der Waals surface area contributed by atoms with Crippen LogP contribution in [0.1, 0.15) is 56.1 Å². The number of hydrogen-bond donors (Lipinski definition) is 0. The fraction of sp³-hybridized carbons (Fsp3) is 0.300. The smallest absolute Gasteiger partial charge is 0.261 e. The van der Waals surface area contributed by atoms with Gasteiger partial charge < -0.3 is 4.90 Å².